The van der Waals surface area contributed by atoms with Gasteiger partial charge in [0.2, 0.25) is 17.5 Å². The average Bonchev–Trinajstić information content (AvgIpc) is 2.95. The third kappa shape index (κ3) is 5.49. The standard InChI is InChI=1S/C27H30O15/c1-9-17(31)20(34)22(36)26(39-9)38-8-15-18(32)21(35)23(37)27(41-15)42-25-19(33)16-13(30)6-12(29)7-14(16)40-24(25)10-2-4-11(28)5-3-10/h2-7,9,15,17-18,20-23,26-32,34-37H,8H2,1H3/t9-,15+,17+,18+,20-,21+,22-,23-,26-,27-/m1/s1. The average molecular weight is 595 g/mol. The van der Waals surface area contributed by atoms with Gasteiger partial charge in [0.05, 0.1) is 12.7 Å². The van der Waals surface area contributed by atoms with E-state index in [9.17, 15) is 50.8 Å². The summed E-state index contributed by atoms with van der Waals surface area (Å²) in [6.45, 7) is 0.866. The van der Waals surface area contributed by atoms with Gasteiger partial charge in [0, 0.05) is 17.7 Å². The Labute approximate surface area is 236 Å². The first-order valence-corrected chi connectivity index (χ1v) is 12.9. The van der Waals surface area contributed by atoms with Gasteiger partial charge in [-0.15, -0.1) is 0 Å². The minimum Gasteiger partial charge on any atom is -0.508 e. The van der Waals surface area contributed by atoms with Crippen molar-refractivity contribution in [3.8, 4) is 34.3 Å². The summed E-state index contributed by atoms with van der Waals surface area (Å²) in [7, 11) is 0. The van der Waals surface area contributed by atoms with Crippen LogP contribution >= 0.6 is 0 Å². The van der Waals surface area contributed by atoms with Crippen molar-refractivity contribution in [1.82, 2.24) is 0 Å². The molecule has 228 valence electrons. The minimum atomic E-state index is -1.92. The van der Waals surface area contributed by atoms with Crippen LogP contribution in [0.2, 0.25) is 0 Å². The van der Waals surface area contributed by atoms with Crippen molar-refractivity contribution in [2.24, 2.45) is 0 Å². The van der Waals surface area contributed by atoms with Crippen LogP contribution in [-0.2, 0) is 14.2 Å². The van der Waals surface area contributed by atoms with Crippen molar-refractivity contribution in [2.45, 2.75) is 68.3 Å². The summed E-state index contributed by atoms with van der Waals surface area (Å²) in [4.78, 5) is 13.5. The van der Waals surface area contributed by atoms with Crippen molar-refractivity contribution in [1.29, 1.82) is 0 Å². The molecule has 15 nitrogen and oxygen atoms in total. The topological polar surface area (TPSA) is 249 Å². The second kappa shape index (κ2) is 11.6. The number of phenols is 3. The Hall–Kier alpha value is -3.51. The number of fused-ring (bicyclic) bond motifs is 1. The van der Waals surface area contributed by atoms with E-state index in [1.807, 2.05) is 0 Å². The van der Waals surface area contributed by atoms with E-state index >= 15 is 0 Å². The number of aliphatic hydroxyl groups excluding tert-OH is 6. The molecule has 0 bridgehead atoms. The van der Waals surface area contributed by atoms with Crippen LogP contribution < -0.4 is 10.2 Å². The van der Waals surface area contributed by atoms with Gasteiger partial charge < -0.3 is 69.3 Å². The molecular formula is C27H30O15. The van der Waals surface area contributed by atoms with Gasteiger partial charge in [-0.3, -0.25) is 4.79 Å². The van der Waals surface area contributed by atoms with E-state index < -0.39 is 90.7 Å². The molecule has 42 heavy (non-hydrogen) atoms. The number of aromatic hydroxyl groups is 3. The molecule has 5 rings (SSSR count). The molecule has 0 amide bonds. The molecule has 3 aromatic rings. The zero-order chi connectivity index (χ0) is 30.5. The highest BCUT2D eigenvalue weighted by molar-refractivity contribution is 5.88. The van der Waals surface area contributed by atoms with Crippen molar-refractivity contribution in [3.05, 3.63) is 46.6 Å². The van der Waals surface area contributed by atoms with Gasteiger partial charge in [0.25, 0.3) is 0 Å². The molecule has 0 radical (unpaired) electrons. The highest BCUT2D eigenvalue weighted by Crippen LogP contribution is 2.37. The molecule has 2 aromatic carbocycles. The number of rotatable bonds is 6. The number of benzene rings is 2. The minimum absolute atomic E-state index is 0.103. The van der Waals surface area contributed by atoms with Crippen LogP contribution in [0.4, 0.5) is 0 Å². The van der Waals surface area contributed by atoms with Crippen LogP contribution in [0.25, 0.3) is 22.3 Å². The van der Waals surface area contributed by atoms with Gasteiger partial charge in [-0.05, 0) is 31.2 Å². The number of ether oxygens (including phenoxy) is 4. The number of hydrogen-bond acceptors (Lipinski definition) is 15. The molecule has 2 fully saturated rings. The molecule has 0 unspecified atom stereocenters. The summed E-state index contributed by atoms with van der Waals surface area (Å²) >= 11 is 0. The van der Waals surface area contributed by atoms with E-state index in [0.717, 1.165) is 12.1 Å². The smallest absolute Gasteiger partial charge is 0.239 e. The Bertz CT molecular complexity index is 1470. The van der Waals surface area contributed by atoms with Crippen molar-refractivity contribution in [2.75, 3.05) is 6.61 Å². The maximum absolute atomic E-state index is 13.5. The summed E-state index contributed by atoms with van der Waals surface area (Å²) < 4.78 is 28.0. The molecule has 10 atom stereocenters. The zero-order valence-corrected chi connectivity index (χ0v) is 21.9. The third-order valence-electron chi connectivity index (χ3n) is 7.18. The summed E-state index contributed by atoms with van der Waals surface area (Å²) in [5.74, 6) is -1.97. The Morgan fingerprint density at radius 2 is 1.40 bits per heavy atom. The molecule has 1 aromatic heterocycles. The summed E-state index contributed by atoms with van der Waals surface area (Å²) in [5, 5.41) is 91.4. The molecule has 0 saturated carbocycles. The number of phenolic OH excluding ortho intramolecular Hbond substituents is 3. The van der Waals surface area contributed by atoms with Crippen molar-refractivity contribution < 1.29 is 69.3 Å². The van der Waals surface area contributed by atoms with Crippen LogP contribution in [0.3, 0.4) is 0 Å². The summed E-state index contributed by atoms with van der Waals surface area (Å²) in [6.07, 6.45) is -15.8. The van der Waals surface area contributed by atoms with E-state index in [1.54, 1.807) is 0 Å². The van der Waals surface area contributed by atoms with E-state index in [0.29, 0.717) is 0 Å². The molecule has 3 heterocycles. The summed E-state index contributed by atoms with van der Waals surface area (Å²) in [5.41, 5.74) is -0.956. The predicted molar refractivity (Wildman–Crippen MR) is 139 cm³/mol. The van der Waals surface area contributed by atoms with Gasteiger partial charge in [0.1, 0.15) is 70.9 Å². The molecule has 2 aliphatic rings. The Balaban J connectivity index is 1.46. The predicted octanol–water partition coefficient (Wildman–Crippen LogP) is -1.39. The second-order valence-electron chi connectivity index (χ2n) is 10.1. The van der Waals surface area contributed by atoms with E-state index in [2.05, 4.69) is 0 Å². The number of aliphatic hydroxyl groups is 6. The zero-order valence-electron chi connectivity index (χ0n) is 21.9. The van der Waals surface area contributed by atoms with Gasteiger partial charge in [-0.2, -0.15) is 0 Å². The van der Waals surface area contributed by atoms with E-state index in [4.69, 9.17) is 23.4 Å². The first kappa shape index (κ1) is 30.0. The van der Waals surface area contributed by atoms with E-state index in [1.165, 1.54) is 31.2 Å². The fourth-order valence-corrected chi connectivity index (χ4v) is 4.79. The highest BCUT2D eigenvalue weighted by atomic mass is 16.7. The lowest BCUT2D eigenvalue weighted by molar-refractivity contribution is -0.318. The maximum atomic E-state index is 13.5. The molecule has 0 spiro atoms. The molecule has 2 saturated heterocycles. The lowest BCUT2D eigenvalue weighted by Crippen LogP contribution is -2.61. The van der Waals surface area contributed by atoms with Crippen molar-refractivity contribution >= 4 is 11.0 Å². The molecule has 15 heteroatoms. The lowest BCUT2D eigenvalue weighted by Gasteiger charge is -2.42. The van der Waals surface area contributed by atoms with Gasteiger partial charge in [-0.1, -0.05) is 0 Å². The monoisotopic (exact) mass is 594 g/mol. The van der Waals surface area contributed by atoms with Crippen LogP contribution in [0, 0.1) is 0 Å². The van der Waals surface area contributed by atoms with Gasteiger partial charge in [-0.25, -0.2) is 0 Å². The van der Waals surface area contributed by atoms with Crippen LogP contribution in [0.5, 0.6) is 23.0 Å². The Morgan fingerprint density at radius 3 is 2.10 bits per heavy atom. The first-order valence-electron chi connectivity index (χ1n) is 12.9. The van der Waals surface area contributed by atoms with Crippen LogP contribution in [0.1, 0.15) is 6.92 Å². The lowest BCUT2D eigenvalue weighted by atomic mass is 9.98. The molecule has 2 aliphatic heterocycles. The normalized spacial score (nSPS) is 33.5. The summed E-state index contributed by atoms with van der Waals surface area (Å²) in [6, 6.07) is 7.33. The van der Waals surface area contributed by atoms with Crippen molar-refractivity contribution in [3.63, 3.8) is 0 Å². The largest absolute Gasteiger partial charge is 0.508 e. The van der Waals surface area contributed by atoms with E-state index in [-0.39, 0.29) is 28.0 Å². The number of hydrogen-bond donors (Lipinski definition) is 9. The maximum Gasteiger partial charge on any atom is 0.239 e. The SMILES string of the molecule is C[C@H]1O[C@@H](OC[C@@H]2O[C@H](Oc3c(-c4ccc(O)cc4)oc4cc(O)cc(O)c4c3=O)[C@H](O)[C@@H](O)[C@H]2O)[C@H](O)[C@H](O)[C@H]1O. The first-order chi connectivity index (χ1) is 19.9. The fraction of sp³-hybridized carbons (Fsp3) is 0.444. The highest BCUT2D eigenvalue weighted by Gasteiger charge is 2.47. The molecular weight excluding hydrogens is 564 g/mol. The Morgan fingerprint density at radius 1 is 0.762 bits per heavy atom. The van der Waals surface area contributed by atoms with Gasteiger partial charge in [0.15, 0.2) is 12.1 Å². The molecule has 9 N–H and O–H groups in total. The van der Waals surface area contributed by atoms with Crippen LogP contribution in [0.15, 0.2) is 45.6 Å². The van der Waals surface area contributed by atoms with Crippen LogP contribution in [-0.4, -0.2) is 114 Å². The second-order valence-corrected chi connectivity index (χ2v) is 10.1. The van der Waals surface area contributed by atoms with Gasteiger partial charge >= 0.3 is 0 Å². The molecule has 0 aliphatic carbocycles. The Kier molecular flexibility index (Phi) is 8.30. The quantitative estimate of drug-likeness (QED) is 0.159. The third-order valence-corrected chi connectivity index (χ3v) is 7.18. The fourth-order valence-electron chi connectivity index (χ4n) is 4.79.